The lowest BCUT2D eigenvalue weighted by molar-refractivity contribution is 0.415. The summed E-state index contributed by atoms with van der Waals surface area (Å²) < 4.78 is 5.42. The molecule has 1 aromatic heterocycles. The van der Waals surface area contributed by atoms with E-state index in [0.717, 1.165) is 39.5 Å². The smallest absolute Gasteiger partial charge is 0.231 e. The van der Waals surface area contributed by atoms with E-state index in [4.69, 9.17) is 21.3 Å². The average molecular weight is 460 g/mol. The molecule has 4 aromatic rings. The lowest BCUT2D eigenvalue weighted by Crippen LogP contribution is -1.99. The first-order chi connectivity index (χ1) is 15.6. The highest BCUT2D eigenvalue weighted by Gasteiger charge is 2.24. The number of halogens is 1. The van der Waals surface area contributed by atoms with Crippen molar-refractivity contribution >= 4 is 56.8 Å². The molecule has 0 saturated carbocycles. The van der Waals surface area contributed by atoms with Gasteiger partial charge in [-0.15, -0.1) is 0 Å². The van der Waals surface area contributed by atoms with E-state index in [1.165, 1.54) is 11.3 Å². The number of benzene rings is 3. The van der Waals surface area contributed by atoms with Crippen LogP contribution in [0.5, 0.6) is 11.6 Å². The molecule has 158 valence electrons. The van der Waals surface area contributed by atoms with Gasteiger partial charge >= 0.3 is 0 Å². The van der Waals surface area contributed by atoms with E-state index in [1.54, 1.807) is 19.2 Å². The molecule has 0 unspecified atom stereocenters. The van der Waals surface area contributed by atoms with Gasteiger partial charge in [-0.1, -0.05) is 53.3 Å². The topological polar surface area (TPSA) is 66.7 Å². The van der Waals surface area contributed by atoms with Crippen molar-refractivity contribution < 1.29 is 9.84 Å². The van der Waals surface area contributed by atoms with Crippen molar-refractivity contribution in [2.24, 2.45) is 4.99 Å². The Morgan fingerprint density at radius 1 is 1.03 bits per heavy atom. The number of hydrogen-bond donors (Lipinski definition) is 2. The third kappa shape index (κ3) is 3.98. The lowest BCUT2D eigenvalue weighted by atomic mass is 9.97. The molecule has 2 heterocycles. The molecule has 0 spiro atoms. The van der Waals surface area contributed by atoms with Gasteiger partial charge in [0, 0.05) is 27.4 Å². The van der Waals surface area contributed by atoms with E-state index in [9.17, 15) is 5.11 Å². The van der Waals surface area contributed by atoms with E-state index in [2.05, 4.69) is 10.3 Å². The van der Waals surface area contributed by atoms with Gasteiger partial charge < -0.3 is 15.2 Å². The molecule has 2 N–H and O–H groups in total. The van der Waals surface area contributed by atoms with Crippen molar-refractivity contribution in [3.8, 4) is 11.6 Å². The highest BCUT2D eigenvalue weighted by Crippen LogP contribution is 2.42. The number of thiazole rings is 1. The number of nitrogens with one attached hydrogen (secondary N) is 1. The Bertz CT molecular complexity index is 1350. The van der Waals surface area contributed by atoms with E-state index < -0.39 is 0 Å². The summed E-state index contributed by atoms with van der Waals surface area (Å²) in [5.41, 5.74) is 5.39. The molecule has 32 heavy (non-hydrogen) atoms. The molecular formula is C25H18ClN3O2S. The fraction of sp³-hybridized carbons (Fsp3) is 0.0400. The van der Waals surface area contributed by atoms with E-state index in [-0.39, 0.29) is 5.88 Å². The quantitative estimate of drug-likeness (QED) is 0.339. The van der Waals surface area contributed by atoms with Gasteiger partial charge in [-0.05, 0) is 48.5 Å². The first kappa shape index (κ1) is 20.3. The van der Waals surface area contributed by atoms with Crippen molar-refractivity contribution in [1.29, 1.82) is 0 Å². The van der Waals surface area contributed by atoms with Gasteiger partial charge in [0.1, 0.15) is 5.75 Å². The number of fused-ring (bicyclic) bond motifs is 1. The van der Waals surface area contributed by atoms with Crippen LogP contribution in [-0.4, -0.2) is 22.9 Å². The monoisotopic (exact) mass is 459 g/mol. The molecule has 0 bridgehead atoms. The van der Waals surface area contributed by atoms with Crippen molar-refractivity contribution in [2.45, 2.75) is 0 Å². The van der Waals surface area contributed by atoms with Gasteiger partial charge in [0.25, 0.3) is 0 Å². The first-order valence-corrected chi connectivity index (χ1v) is 11.1. The third-order valence-electron chi connectivity index (χ3n) is 5.03. The third-order valence-corrected chi connectivity index (χ3v) is 6.19. The predicted octanol–water partition coefficient (Wildman–Crippen LogP) is 6.93. The summed E-state index contributed by atoms with van der Waals surface area (Å²) in [4.78, 5) is 9.77. The van der Waals surface area contributed by atoms with Gasteiger partial charge in [-0.3, -0.25) is 0 Å². The van der Waals surface area contributed by atoms with Gasteiger partial charge in [-0.25, -0.2) is 4.99 Å². The summed E-state index contributed by atoms with van der Waals surface area (Å²) >= 11 is 7.32. The van der Waals surface area contributed by atoms with Crippen molar-refractivity contribution in [3.63, 3.8) is 0 Å². The van der Waals surface area contributed by atoms with E-state index >= 15 is 0 Å². The molecule has 3 aromatic carbocycles. The zero-order chi connectivity index (χ0) is 22.1. The summed E-state index contributed by atoms with van der Waals surface area (Å²) in [6, 6.07) is 23.1. The van der Waals surface area contributed by atoms with Gasteiger partial charge in [0.05, 0.1) is 23.4 Å². The molecule has 0 radical (unpaired) electrons. The maximum absolute atomic E-state index is 10.5. The van der Waals surface area contributed by atoms with Crippen LogP contribution in [0.3, 0.4) is 0 Å². The Balaban J connectivity index is 1.56. The van der Waals surface area contributed by atoms with Gasteiger partial charge in [0.15, 0.2) is 5.13 Å². The van der Waals surface area contributed by atoms with Crippen LogP contribution in [0.25, 0.3) is 11.6 Å². The predicted molar refractivity (Wildman–Crippen MR) is 132 cm³/mol. The molecule has 1 aliphatic rings. The van der Waals surface area contributed by atoms with Crippen LogP contribution in [-0.2, 0) is 0 Å². The number of methoxy groups -OCH3 is 1. The second-order valence-electron chi connectivity index (χ2n) is 7.11. The minimum Gasteiger partial charge on any atom is -0.497 e. The molecule has 5 rings (SSSR count). The fourth-order valence-corrected chi connectivity index (χ4v) is 4.43. The summed E-state index contributed by atoms with van der Waals surface area (Å²) in [7, 11) is 1.64. The molecule has 0 aliphatic carbocycles. The number of hydrogen-bond acceptors (Lipinski definition) is 6. The second-order valence-corrected chi connectivity index (χ2v) is 8.57. The number of rotatable bonds is 5. The maximum Gasteiger partial charge on any atom is 0.231 e. The fourth-order valence-electron chi connectivity index (χ4n) is 3.48. The van der Waals surface area contributed by atoms with Gasteiger partial charge in [0.2, 0.25) is 5.88 Å². The summed E-state index contributed by atoms with van der Waals surface area (Å²) in [5.74, 6) is 0.709. The Morgan fingerprint density at radius 3 is 2.56 bits per heavy atom. The van der Waals surface area contributed by atoms with E-state index in [1.807, 2.05) is 66.7 Å². The minimum atomic E-state index is -0.0391. The van der Waals surface area contributed by atoms with E-state index in [0.29, 0.717) is 15.0 Å². The highest BCUT2D eigenvalue weighted by molar-refractivity contribution is 7.16. The zero-order valence-corrected chi connectivity index (χ0v) is 18.6. The number of aromatic nitrogens is 1. The summed E-state index contributed by atoms with van der Waals surface area (Å²) in [5, 5.41) is 15.0. The number of aromatic hydroxyl groups is 1. The average Bonchev–Trinajstić information content (AvgIpc) is 3.35. The zero-order valence-electron chi connectivity index (χ0n) is 17.0. The van der Waals surface area contributed by atoms with Crippen molar-refractivity contribution in [3.05, 3.63) is 93.8 Å². The molecular weight excluding hydrogens is 442 g/mol. The Labute approximate surface area is 194 Å². The lowest BCUT2D eigenvalue weighted by Gasteiger charge is -2.07. The molecule has 7 heteroatoms. The van der Waals surface area contributed by atoms with Crippen LogP contribution in [0.1, 0.15) is 16.0 Å². The van der Waals surface area contributed by atoms with Crippen molar-refractivity contribution in [2.75, 3.05) is 12.4 Å². The molecule has 0 fully saturated rings. The summed E-state index contributed by atoms with van der Waals surface area (Å²) in [6.07, 6.45) is 1.93. The SMILES string of the molecule is COc1ccc2c(c1)C(=Cc1sc(Nc3ccc(Cl)cc3)nc1O)C(c1ccccc1)=N2. The Kier molecular flexibility index (Phi) is 5.39. The van der Waals surface area contributed by atoms with Crippen LogP contribution in [0.15, 0.2) is 77.8 Å². The number of nitrogens with zero attached hydrogens (tertiary/aromatic N) is 2. The largest absolute Gasteiger partial charge is 0.497 e. The number of ether oxygens (including phenoxy) is 1. The number of aliphatic imine (C=N–C) groups is 1. The molecule has 0 saturated heterocycles. The molecule has 5 nitrogen and oxygen atoms in total. The molecule has 0 amide bonds. The Hall–Kier alpha value is -3.61. The highest BCUT2D eigenvalue weighted by atomic mass is 35.5. The molecule has 0 atom stereocenters. The van der Waals surface area contributed by atoms with Crippen LogP contribution in [0.2, 0.25) is 5.02 Å². The van der Waals surface area contributed by atoms with Crippen LogP contribution in [0.4, 0.5) is 16.5 Å². The van der Waals surface area contributed by atoms with Crippen LogP contribution in [0, 0.1) is 0 Å². The van der Waals surface area contributed by atoms with Crippen LogP contribution < -0.4 is 10.1 Å². The second kappa shape index (κ2) is 8.49. The Morgan fingerprint density at radius 2 is 1.81 bits per heavy atom. The normalized spacial score (nSPS) is 13.7. The van der Waals surface area contributed by atoms with Crippen LogP contribution >= 0.6 is 22.9 Å². The number of allylic oxidation sites excluding steroid dienone is 1. The van der Waals surface area contributed by atoms with Crippen molar-refractivity contribution in [1.82, 2.24) is 4.98 Å². The number of anilines is 2. The standard InChI is InChI=1S/C25H18ClN3O2S/c1-31-18-11-12-21-19(13-18)20(23(28-21)15-5-3-2-4-6-15)14-22-24(30)29-25(32-22)27-17-9-7-16(26)8-10-17/h2-14,30H,1H3,(H,27,29). The first-order valence-electron chi connectivity index (χ1n) is 9.88. The van der Waals surface area contributed by atoms with Gasteiger partial charge in [-0.2, -0.15) is 4.98 Å². The maximum atomic E-state index is 10.5. The summed E-state index contributed by atoms with van der Waals surface area (Å²) in [6.45, 7) is 0. The molecule has 1 aliphatic heterocycles. The minimum absolute atomic E-state index is 0.0391.